The standard InChI is InChI=1S/C13H12N6O7/c1-16-11(20)8(12(21)17(2)13(16)22)6-14-15-9-4-3-7(18(23)24)5-10(9)19(25)26/h3-6,8,15H,1-2H3/b14-6-. The number of urea groups is 1. The van der Waals surface area contributed by atoms with Crippen molar-refractivity contribution in [2.45, 2.75) is 0 Å². The van der Waals surface area contributed by atoms with Crippen molar-refractivity contribution >= 4 is 41.1 Å². The summed E-state index contributed by atoms with van der Waals surface area (Å²) in [7, 11) is 2.39. The van der Waals surface area contributed by atoms with Gasteiger partial charge in [0.15, 0.2) is 5.92 Å². The highest BCUT2D eigenvalue weighted by Crippen LogP contribution is 2.28. The third kappa shape index (κ3) is 3.31. The van der Waals surface area contributed by atoms with Gasteiger partial charge in [0, 0.05) is 26.4 Å². The fraction of sp³-hybridized carbons (Fsp3) is 0.231. The molecule has 1 aromatic carbocycles. The molecule has 1 saturated heterocycles. The Hall–Kier alpha value is -3.90. The number of anilines is 1. The molecule has 1 aliphatic rings. The Morgan fingerprint density at radius 3 is 2.15 bits per heavy atom. The van der Waals surface area contributed by atoms with E-state index in [2.05, 4.69) is 10.5 Å². The van der Waals surface area contributed by atoms with Crippen molar-refractivity contribution in [1.29, 1.82) is 0 Å². The number of hydrogen-bond donors (Lipinski definition) is 1. The minimum atomic E-state index is -1.38. The normalized spacial score (nSPS) is 15.7. The predicted octanol–water partition coefficient (Wildman–Crippen LogP) is 0.567. The van der Waals surface area contributed by atoms with E-state index >= 15 is 0 Å². The van der Waals surface area contributed by atoms with Gasteiger partial charge in [-0.25, -0.2) is 4.79 Å². The van der Waals surface area contributed by atoms with Crippen LogP contribution in [0.15, 0.2) is 23.3 Å². The molecule has 0 aliphatic carbocycles. The maximum Gasteiger partial charge on any atom is 0.332 e. The highest BCUT2D eigenvalue weighted by molar-refractivity contribution is 6.23. The van der Waals surface area contributed by atoms with Crippen molar-refractivity contribution in [1.82, 2.24) is 9.80 Å². The average molecular weight is 364 g/mol. The van der Waals surface area contributed by atoms with Crippen LogP contribution in [0.2, 0.25) is 0 Å². The largest absolute Gasteiger partial charge is 0.332 e. The molecule has 0 bridgehead atoms. The van der Waals surface area contributed by atoms with Crippen LogP contribution < -0.4 is 5.43 Å². The van der Waals surface area contributed by atoms with Gasteiger partial charge in [0.25, 0.3) is 5.69 Å². The summed E-state index contributed by atoms with van der Waals surface area (Å²) in [6, 6.07) is 2.06. The van der Waals surface area contributed by atoms with Gasteiger partial charge in [-0.1, -0.05) is 0 Å². The molecule has 0 unspecified atom stereocenters. The second kappa shape index (κ2) is 6.92. The van der Waals surface area contributed by atoms with Gasteiger partial charge < -0.3 is 0 Å². The van der Waals surface area contributed by atoms with E-state index in [1.54, 1.807) is 0 Å². The smallest absolute Gasteiger partial charge is 0.273 e. The number of carbonyl (C=O) groups is 3. The number of barbiturate groups is 1. The molecule has 0 aromatic heterocycles. The van der Waals surface area contributed by atoms with Crippen molar-refractivity contribution in [2.24, 2.45) is 11.0 Å². The maximum absolute atomic E-state index is 12.0. The molecular formula is C13H12N6O7. The molecule has 1 N–H and O–H groups in total. The Bertz CT molecular complexity index is 827. The summed E-state index contributed by atoms with van der Waals surface area (Å²) in [5, 5.41) is 25.3. The van der Waals surface area contributed by atoms with Crippen LogP contribution in [-0.2, 0) is 9.59 Å². The van der Waals surface area contributed by atoms with Crippen molar-refractivity contribution < 1.29 is 24.2 Å². The van der Waals surface area contributed by atoms with Gasteiger partial charge in [0.05, 0.1) is 15.9 Å². The summed E-state index contributed by atoms with van der Waals surface area (Å²) in [6.45, 7) is 0. The Labute approximate surface area is 145 Å². The molecule has 0 spiro atoms. The molecule has 1 fully saturated rings. The lowest BCUT2D eigenvalue weighted by Gasteiger charge is -2.31. The monoisotopic (exact) mass is 364 g/mol. The first kappa shape index (κ1) is 18.4. The molecule has 26 heavy (non-hydrogen) atoms. The second-order valence-corrected chi connectivity index (χ2v) is 5.16. The van der Waals surface area contributed by atoms with Crippen LogP contribution in [0.1, 0.15) is 0 Å². The summed E-state index contributed by atoms with van der Waals surface area (Å²) in [4.78, 5) is 57.1. The molecule has 136 valence electrons. The summed E-state index contributed by atoms with van der Waals surface area (Å²) in [5.41, 5.74) is 1.00. The highest BCUT2D eigenvalue weighted by Gasteiger charge is 2.41. The van der Waals surface area contributed by atoms with Gasteiger partial charge in [-0.3, -0.25) is 45.0 Å². The zero-order valence-corrected chi connectivity index (χ0v) is 13.5. The SMILES string of the molecule is CN1C(=O)C(/C=N\Nc2ccc([N+](=O)[O-])cc2[N+](=O)[O-])C(=O)N(C)C1=O. The van der Waals surface area contributed by atoms with E-state index in [4.69, 9.17) is 0 Å². The molecule has 0 atom stereocenters. The Balaban J connectivity index is 2.24. The Kier molecular flexibility index (Phi) is 4.91. The molecular weight excluding hydrogens is 352 g/mol. The number of hydrogen-bond acceptors (Lipinski definition) is 9. The van der Waals surface area contributed by atoms with E-state index in [0.29, 0.717) is 0 Å². The van der Waals surface area contributed by atoms with E-state index in [9.17, 15) is 34.6 Å². The summed E-state index contributed by atoms with van der Waals surface area (Å²) in [5.74, 6) is -2.99. The van der Waals surface area contributed by atoms with Gasteiger partial charge in [-0.05, 0) is 6.07 Å². The summed E-state index contributed by atoms with van der Waals surface area (Å²) < 4.78 is 0. The fourth-order valence-electron chi connectivity index (χ4n) is 2.12. The topological polar surface area (TPSA) is 168 Å². The third-order valence-electron chi connectivity index (χ3n) is 3.56. The first-order valence-corrected chi connectivity index (χ1v) is 6.96. The van der Waals surface area contributed by atoms with Crippen LogP contribution >= 0.6 is 0 Å². The third-order valence-corrected chi connectivity index (χ3v) is 3.56. The molecule has 13 nitrogen and oxygen atoms in total. The first-order valence-electron chi connectivity index (χ1n) is 6.96. The van der Waals surface area contributed by atoms with Gasteiger partial charge >= 0.3 is 11.7 Å². The van der Waals surface area contributed by atoms with Crippen LogP contribution in [0.25, 0.3) is 0 Å². The number of amides is 4. The van der Waals surface area contributed by atoms with Crippen LogP contribution in [0, 0.1) is 26.1 Å². The molecule has 0 radical (unpaired) electrons. The van der Waals surface area contributed by atoms with Gasteiger partial charge in [-0.2, -0.15) is 5.10 Å². The Morgan fingerprint density at radius 2 is 1.65 bits per heavy atom. The van der Waals surface area contributed by atoms with Crippen molar-refractivity contribution in [3.63, 3.8) is 0 Å². The van der Waals surface area contributed by atoms with E-state index in [-0.39, 0.29) is 5.69 Å². The predicted molar refractivity (Wildman–Crippen MR) is 86.3 cm³/mol. The van der Waals surface area contributed by atoms with Gasteiger partial charge in [-0.15, -0.1) is 0 Å². The van der Waals surface area contributed by atoms with Crippen molar-refractivity contribution in [3.8, 4) is 0 Å². The minimum Gasteiger partial charge on any atom is -0.273 e. The number of nitrogens with zero attached hydrogens (tertiary/aromatic N) is 5. The number of non-ortho nitro benzene ring substituents is 1. The van der Waals surface area contributed by atoms with E-state index in [1.165, 1.54) is 14.1 Å². The number of nitrogens with one attached hydrogen (secondary N) is 1. The van der Waals surface area contributed by atoms with Crippen molar-refractivity contribution in [3.05, 3.63) is 38.4 Å². The summed E-state index contributed by atoms with van der Waals surface area (Å²) >= 11 is 0. The molecule has 1 aromatic rings. The number of benzene rings is 1. The quantitative estimate of drug-likeness (QED) is 0.342. The molecule has 2 rings (SSSR count). The molecule has 13 heteroatoms. The Morgan fingerprint density at radius 1 is 1.08 bits per heavy atom. The zero-order valence-electron chi connectivity index (χ0n) is 13.5. The lowest BCUT2D eigenvalue weighted by Crippen LogP contribution is -2.57. The lowest BCUT2D eigenvalue weighted by molar-refractivity contribution is -0.393. The number of nitro benzene ring substituents is 2. The second-order valence-electron chi connectivity index (χ2n) is 5.16. The molecule has 4 amide bonds. The summed E-state index contributed by atoms with van der Waals surface area (Å²) in [6.07, 6.45) is 0.898. The molecule has 0 saturated carbocycles. The number of nitro groups is 2. The van der Waals surface area contributed by atoms with Crippen LogP contribution in [0.3, 0.4) is 0 Å². The average Bonchev–Trinajstić information content (AvgIpc) is 2.61. The maximum atomic E-state index is 12.0. The van der Waals surface area contributed by atoms with Crippen molar-refractivity contribution in [2.75, 3.05) is 19.5 Å². The fourth-order valence-corrected chi connectivity index (χ4v) is 2.12. The first-order chi connectivity index (χ1) is 12.1. The number of imide groups is 2. The number of carbonyl (C=O) groups excluding carboxylic acids is 3. The zero-order chi connectivity index (χ0) is 19.6. The molecule has 1 heterocycles. The van der Waals surface area contributed by atoms with Gasteiger partial charge in [0.2, 0.25) is 11.8 Å². The number of rotatable bonds is 5. The molecule has 1 aliphatic heterocycles. The van der Waals surface area contributed by atoms with E-state index in [0.717, 1.165) is 34.2 Å². The number of hydrazone groups is 1. The van der Waals surface area contributed by atoms with E-state index < -0.39 is 45.0 Å². The van der Waals surface area contributed by atoms with Crippen LogP contribution in [-0.4, -0.2) is 57.8 Å². The highest BCUT2D eigenvalue weighted by atomic mass is 16.6. The van der Waals surface area contributed by atoms with Gasteiger partial charge in [0.1, 0.15) is 5.69 Å². The van der Waals surface area contributed by atoms with Crippen LogP contribution in [0.5, 0.6) is 0 Å². The lowest BCUT2D eigenvalue weighted by atomic mass is 10.1. The van der Waals surface area contributed by atoms with E-state index in [1.807, 2.05) is 0 Å². The van der Waals surface area contributed by atoms with Crippen LogP contribution in [0.4, 0.5) is 21.9 Å². The minimum absolute atomic E-state index is 0.176.